The van der Waals surface area contributed by atoms with Crippen LogP contribution in [0.25, 0.3) is 0 Å². The molecule has 0 aromatic carbocycles. The standard InChI is InChI=1S/C7H12NO2/c1-4-5-8-10-7(9)6(2)3/h8H,1-2,4-5H2,3H3. The van der Waals surface area contributed by atoms with Gasteiger partial charge in [-0.25, -0.2) is 4.79 Å². The Balaban J connectivity index is 3.31. The van der Waals surface area contributed by atoms with Crippen LogP contribution in [0.4, 0.5) is 0 Å². The summed E-state index contributed by atoms with van der Waals surface area (Å²) in [5.41, 5.74) is 2.83. The quantitative estimate of drug-likeness (QED) is 0.359. The minimum Gasteiger partial charge on any atom is -0.367 e. The van der Waals surface area contributed by atoms with Gasteiger partial charge in [0, 0.05) is 12.1 Å². The molecule has 0 saturated heterocycles. The van der Waals surface area contributed by atoms with Gasteiger partial charge in [0.15, 0.2) is 0 Å². The lowest BCUT2D eigenvalue weighted by Crippen LogP contribution is -2.20. The van der Waals surface area contributed by atoms with E-state index >= 15 is 0 Å². The lowest BCUT2D eigenvalue weighted by atomic mass is 10.4. The van der Waals surface area contributed by atoms with Crippen molar-refractivity contribution in [3.05, 3.63) is 19.1 Å². The van der Waals surface area contributed by atoms with E-state index in [1.54, 1.807) is 6.92 Å². The molecule has 0 aliphatic heterocycles. The normalized spacial score (nSPS) is 9.00. The summed E-state index contributed by atoms with van der Waals surface area (Å²) >= 11 is 0. The van der Waals surface area contributed by atoms with Crippen LogP contribution in [0, 0.1) is 6.92 Å². The maximum absolute atomic E-state index is 10.6. The molecule has 0 fully saturated rings. The Hall–Kier alpha value is -0.830. The van der Waals surface area contributed by atoms with Gasteiger partial charge in [0.25, 0.3) is 0 Å². The summed E-state index contributed by atoms with van der Waals surface area (Å²) in [6.45, 7) is 9.11. The second-order valence-corrected chi connectivity index (χ2v) is 1.92. The molecule has 3 nitrogen and oxygen atoms in total. The Labute approximate surface area is 61.0 Å². The average molecular weight is 142 g/mol. The molecule has 0 amide bonds. The number of hydrogen-bond donors (Lipinski definition) is 1. The van der Waals surface area contributed by atoms with E-state index < -0.39 is 5.97 Å². The van der Waals surface area contributed by atoms with Crippen molar-refractivity contribution >= 4 is 5.97 Å². The first-order chi connectivity index (χ1) is 4.68. The highest BCUT2D eigenvalue weighted by atomic mass is 16.7. The fraction of sp³-hybridized carbons (Fsp3) is 0.429. The molecule has 0 aliphatic carbocycles. The molecule has 0 bridgehead atoms. The summed E-state index contributed by atoms with van der Waals surface area (Å²) in [6, 6.07) is 0. The largest absolute Gasteiger partial charge is 0.367 e. The zero-order valence-corrected chi connectivity index (χ0v) is 6.14. The highest BCUT2D eigenvalue weighted by molar-refractivity contribution is 5.86. The van der Waals surface area contributed by atoms with Gasteiger partial charge in [-0.2, -0.15) is 5.48 Å². The van der Waals surface area contributed by atoms with Crippen molar-refractivity contribution in [2.75, 3.05) is 6.54 Å². The number of hydroxylamine groups is 1. The van der Waals surface area contributed by atoms with Gasteiger partial charge in [0.05, 0.1) is 0 Å². The van der Waals surface area contributed by atoms with Crippen molar-refractivity contribution in [2.24, 2.45) is 0 Å². The van der Waals surface area contributed by atoms with Crippen LogP contribution in [0.5, 0.6) is 0 Å². The summed E-state index contributed by atoms with van der Waals surface area (Å²) in [4.78, 5) is 15.1. The molecule has 0 aliphatic rings. The minimum absolute atomic E-state index is 0.386. The van der Waals surface area contributed by atoms with E-state index in [0.29, 0.717) is 18.5 Å². The van der Waals surface area contributed by atoms with Crippen molar-refractivity contribution in [1.82, 2.24) is 5.48 Å². The number of carbonyl (C=O) groups is 1. The maximum atomic E-state index is 10.6. The van der Waals surface area contributed by atoms with E-state index in [9.17, 15) is 4.79 Å². The Bertz CT molecular complexity index is 132. The van der Waals surface area contributed by atoms with Crippen LogP contribution >= 0.6 is 0 Å². The van der Waals surface area contributed by atoms with E-state index in [4.69, 9.17) is 0 Å². The second-order valence-electron chi connectivity index (χ2n) is 1.92. The molecule has 0 saturated carbocycles. The van der Waals surface area contributed by atoms with Crippen LogP contribution in [0.2, 0.25) is 0 Å². The summed E-state index contributed by atoms with van der Waals surface area (Å²) in [5.74, 6) is -0.423. The number of nitrogens with one attached hydrogen (secondary N) is 1. The fourth-order valence-electron chi connectivity index (χ4n) is 0.276. The number of hydrogen-bond acceptors (Lipinski definition) is 3. The maximum Gasteiger partial charge on any atom is 0.351 e. The molecule has 0 aromatic rings. The molecule has 10 heavy (non-hydrogen) atoms. The number of rotatable bonds is 4. The second kappa shape index (κ2) is 4.99. The first-order valence-electron chi connectivity index (χ1n) is 3.07. The third kappa shape index (κ3) is 4.09. The molecular weight excluding hydrogens is 130 g/mol. The Morgan fingerprint density at radius 1 is 1.70 bits per heavy atom. The smallest absolute Gasteiger partial charge is 0.351 e. The van der Waals surface area contributed by atoms with E-state index in [2.05, 4.69) is 23.8 Å². The van der Waals surface area contributed by atoms with Gasteiger partial charge >= 0.3 is 5.97 Å². The topological polar surface area (TPSA) is 38.3 Å². The van der Waals surface area contributed by atoms with E-state index in [1.165, 1.54) is 0 Å². The first-order valence-corrected chi connectivity index (χ1v) is 3.07. The summed E-state index contributed by atoms with van der Waals surface area (Å²) in [7, 11) is 0. The van der Waals surface area contributed by atoms with E-state index in [0.717, 1.165) is 0 Å². The van der Waals surface area contributed by atoms with Crippen LogP contribution in [-0.2, 0) is 9.63 Å². The average Bonchev–Trinajstić information content (AvgIpc) is 1.88. The lowest BCUT2D eigenvalue weighted by molar-refractivity contribution is -0.146. The van der Waals surface area contributed by atoms with Crippen LogP contribution in [0.3, 0.4) is 0 Å². The van der Waals surface area contributed by atoms with Gasteiger partial charge in [0.1, 0.15) is 0 Å². The zero-order chi connectivity index (χ0) is 7.98. The monoisotopic (exact) mass is 142 g/mol. The molecule has 0 heterocycles. The molecule has 3 heteroatoms. The molecule has 57 valence electrons. The summed E-state index contributed by atoms with van der Waals surface area (Å²) < 4.78 is 0. The van der Waals surface area contributed by atoms with Gasteiger partial charge in [-0.15, -0.1) is 0 Å². The number of carbonyl (C=O) groups excluding carboxylic acids is 1. The third-order valence-corrected chi connectivity index (χ3v) is 0.792. The van der Waals surface area contributed by atoms with Crippen molar-refractivity contribution < 1.29 is 9.63 Å². The molecule has 0 atom stereocenters. The molecule has 1 N–H and O–H groups in total. The van der Waals surface area contributed by atoms with Gasteiger partial charge in [-0.3, -0.25) is 0 Å². The molecular formula is C7H12NO2. The summed E-state index contributed by atoms with van der Waals surface area (Å²) in [5, 5.41) is 0. The van der Waals surface area contributed by atoms with Crippen molar-refractivity contribution in [1.29, 1.82) is 0 Å². The van der Waals surface area contributed by atoms with Gasteiger partial charge in [0.2, 0.25) is 0 Å². The van der Waals surface area contributed by atoms with Crippen LogP contribution < -0.4 is 5.48 Å². The SMILES string of the molecule is [CH2]CCNOC(=O)C(=C)C. The van der Waals surface area contributed by atoms with Crippen LogP contribution in [-0.4, -0.2) is 12.5 Å². The molecule has 0 aromatic heterocycles. The summed E-state index contributed by atoms with van der Waals surface area (Å²) in [6.07, 6.45) is 0.684. The lowest BCUT2D eigenvalue weighted by Gasteiger charge is -2.02. The predicted octanol–water partition coefficient (Wildman–Crippen LogP) is 0.834. The fourth-order valence-corrected chi connectivity index (χ4v) is 0.276. The van der Waals surface area contributed by atoms with Gasteiger partial charge in [-0.1, -0.05) is 13.5 Å². The third-order valence-electron chi connectivity index (χ3n) is 0.792. The molecule has 0 rings (SSSR count). The first kappa shape index (κ1) is 9.17. The van der Waals surface area contributed by atoms with Crippen LogP contribution in [0.1, 0.15) is 13.3 Å². The van der Waals surface area contributed by atoms with Crippen molar-refractivity contribution in [3.63, 3.8) is 0 Å². The Morgan fingerprint density at radius 3 is 2.70 bits per heavy atom. The molecule has 0 unspecified atom stereocenters. The van der Waals surface area contributed by atoms with Crippen molar-refractivity contribution in [3.8, 4) is 0 Å². The Kier molecular flexibility index (Phi) is 4.58. The van der Waals surface area contributed by atoms with Crippen LogP contribution in [0.15, 0.2) is 12.2 Å². The van der Waals surface area contributed by atoms with E-state index in [1.807, 2.05) is 0 Å². The molecule has 0 spiro atoms. The highest BCUT2D eigenvalue weighted by Crippen LogP contribution is 1.88. The minimum atomic E-state index is -0.423. The molecule has 1 radical (unpaired) electrons. The van der Waals surface area contributed by atoms with Gasteiger partial charge < -0.3 is 4.84 Å². The van der Waals surface area contributed by atoms with Gasteiger partial charge in [-0.05, 0) is 13.3 Å². The van der Waals surface area contributed by atoms with E-state index in [-0.39, 0.29) is 0 Å². The predicted molar refractivity (Wildman–Crippen MR) is 38.9 cm³/mol. The Morgan fingerprint density at radius 2 is 2.30 bits per heavy atom. The van der Waals surface area contributed by atoms with Crippen molar-refractivity contribution in [2.45, 2.75) is 13.3 Å². The zero-order valence-electron chi connectivity index (χ0n) is 6.14. The highest BCUT2D eigenvalue weighted by Gasteiger charge is 2.00.